The van der Waals surface area contributed by atoms with Crippen LogP contribution >= 0.6 is 0 Å². The maximum atomic E-state index is 11.8. The fourth-order valence-electron chi connectivity index (χ4n) is 1.60. The van der Waals surface area contributed by atoms with Gasteiger partial charge in [-0.25, -0.2) is 4.79 Å². The summed E-state index contributed by atoms with van der Waals surface area (Å²) in [6.45, 7) is 1.90. The molecule has 1 aliphatic heterocycles. The summed E-state index contributed by atoms with van der Waals surface area (Å²) in [6, 6.07) is 6.38. The summed E-state index contributed by atoms with van der Waals surface area (Å²) in [5.41, 5.74) is 0.550. The molecule has 0 N–H and O–H groups in total. The number of hydroxylamine groups is 2. The molecular weight excluding hydrogens is 250 g/mol. The quantitative estimate of drug-likeness (QED) is 0.353. The van der Waals surface area contributed by atoms with Crippen LogP contribution in [-0.2, 0) is 14.4 Å². The van der Waals surface area contributed by atoms with E-state index in [1.165, 1.54) is 12.1 Å². The van der Waals surface area contributed by atoms with Gasteiger partial charge in [-0.1, -0.05) is 17.2 Å². The van der Waals surface area contributed by atoms with Crippen molar-refractivity contribution in [1.82, 2.24) is 5.06 Å². The predicted octanol–water partition coefficient (Wildman–Crippen LogP) is 1.29. The second-order valence-corrected chi connectivity index (χ2v) is 3.61. The number of fused-ring (bicyclic) bond motifs is 1. The highest BCUT2D eigenvalue weighted by molar-refractivity contribution is 6.20. The Bertz CT molecular complexity index is 529. The molecule has 98 valence electrons. The van der Waals surface area contributed by atoms with Crippen molar-refractivity contribution in [3.05, 3.63) is 47.7 Å². The van der Waals surface area contributed by atoms with Crippen molar-refractivity contribution in [3.63, 3.8) is 0 Å². The highest BCUT2D eigenvalue weighted by Gasteiger charge is 2.36. The summed E-state index contributed by atoms with van der Waals surface area (Å²) in [5, 5.41) is 0.598. The predicted molar refractivity (Wildman–Crippen MR) is 63.8 cm³/mol. The van der Waals surface area contributed by atoms with Crippen LogP contribution in [0, 0.1) is 0 Å². The Morgan fingerprint density at radius 3 is 2.32 bits per heavy atom. The first-order valence-electron chi connectivity index (χ1n) is 5.63. The van der Waals surface area contributed by atoms with Gasteiger partial charge in [0.05, 0.1) is 23.8 Å². The average Bonchev–Trinajstić information content (AvgIpc) is 2.65. The minimum absolute atomic E-state index is 0.232. The van der Waals surface area contributed by atoms with E-state index in [1.807, 2.05) is 0 Å². The molecule has 0 atom stereocenters. The molecule has 1 aliphatic rings. The van der Waals surface area contributed by atoms with Crippen LogP contribution in [0.5, 0.6) is 0 Å². The largest absolute Gasteiger partial charge is 0.463 e. The Morgan fingerprint density at radius 1 is 1.21 bits per heavy atom. The van der Waals surface area contributed by atoms with Crippen molar-refractivity contribution < 1.29 is 24.0 Å². The van der Waals surface area contributed by atoms with Gasteiger partial charge < -0.3 is 9.57 Å². The molecule has 0 radical (unpaired) electrons. The molecular formula is C13H11NO5. The third-order valence-corrected chi connectivity index (χ3v) is 2.41. The molecule has 0 spiro atoms. The maximum Gasteiger partial charge on any atom is 0.333 e. The fraction of sp³-hybridized carbons (Fsp3) is 0.154. The molecule has 1 aromatic carbocycles. The van der Waals surface area contributed by atoms with E-state index >= 15 is 0 Å². The lowest BCUT2D eigenvalue weighted by molar-refractivity contribution is -0.137. The van der Waals surface area contributed by atoms with Gasteiger partial charge in [0, 0.05) is 0 Å². The zero-order valence-corrected chi connectivity index (χ0v) is 10.2. The van der Waals surface area contributed by atoms with Crippen molar-refractivity contribution in [2.75, 3.05) is 6.61 Å². The van der Waals surface area contributed by atoms with Gasteiger partial charge in [0.1, 0.15) is 6.26 Å². The van der Waals surface area contributed by atoms with Crippen molar-refractivity contribution in [1.29, 1.82) is 0 Å². The smallest absolute Gasteiger partial charge is 0.333 e. The van der Waals surface area contributed by atoms with Gasteiger partial charge in [-0.2, -0.15) is 0 Å². The van der Waals surface area contributed by atoms with E-state index < -0.39 is 17.8 Å². The highest BCUT2D eigenvalue weighted by Crippen LogP contribution is 2.22. The molecule has 0 fully saturated rings. The zero-order valence-electron chi connectivity index (χ0n) is 10.2. The van der Waals surface area contributed by atoms with Gasteiger partial charge in [-0.15, -0.1) is 0 Å². The van der Waals surface area contributed by atoms with Crippen LogP contribution in [0.2, 0.25) is 0 Å². The van der Waals surface area contributed by atoms with E-state index in [9.17, 15) is 14.4 Å². The summed E-state index contributed by atoms with van der Waals surface area (Å²) in [7, 11) is 0. The second-order valence-electron chi connectivity index (χ2n) is 3.61. The third-order valence-electron chi connectivity index (χ3n) is 2.41. The van der Waals surface area contributed by atoms with Crippen LogP contribution in [0.15, 0.2) is 36.6 Å². The van der Waals surface area contributed by atoms with Crippen molar-refractivity contribution in [3.8, 4) is 0 Å². The Labute approximate surface area is 109 Å². The van der Waals surface area contributed by atoms with E-state index in [-0.39, 0.29) is 17.7 Å². The topological polar surface area (TPSA) is 72.9 Å². The van der Waals surface area contributed by atoms with Gasteiger partial charge in [0.15, 0.2) is 0 Å². The fourth-order valence-corrected chi connectivity index (χ4v) is 1.60. The van der Waals surface area contributed by atoms with E-state index in [4.69, 9.17) is 4.84 Å². The van der Waals surface area contributed by atoms with Crippen LogP contribution in [0.1, 0.15) is 27.6 Å². The maximum absolute atomic E-state index is 11.8. The first-order valence-corrected chi connectivity index (χ1v) is 5.63. The Morgan fingerprint density at radius 2 is 1.79 bits per heavy atom. The summed E-state index contributed by atoms with van der Waals surface area (Å²) in [6.07, 6.45) is 1.94. The second kappa shape index (κ2) is 5.34. The number of amides is 2. The molecule has 0 unspecified atom stereocenters. The molecule has 19 heavy (non-hydrogen) atoms. The van der Waals surface area contributed by atoms with Crippen molar-refractivity contribution in [2.24, 2.45) is 0 Å². The summed E-state index contributed by atoms with van der Waals surface area (Å²) in [4.78, 5) is 39.6. The zero-order chi connectivity index (χ0) is 13.8. The molecule has 1 heterocycles. The van der Waals surface area contributed by atoms with Crippen LogP contribution in [0.4, 0.5) is 0 Å². The number of rotatable bonds is 4. The number of esters is 1. The number of ether oxygens (including phenoxy) is 1. The SMILES string of the molecule is CCOC(=O)/C=C/ON1C(=O)c2ccccc2C1=O. The lowest BCUT2D eigenvalue weighted by Gasteiger charge is -2.10. The number of imide groups is 1. The van der Waals surface area contributed by atoms with Crippen LogP contribution < -0.4 is 0 Å². The number of nitrogens with zero attached hydrogens (tertiary/aromatic N) is 1. The third kappa shape index (κ3) is 2.47. The Hall–Kier alpha value is -2.63. The summed E-state index contributed by atoms with van der Waals surface area (Å²) < 4.78 is 4.63. The first kappa shape index (κ1) is 12.8. The molecule has 0 saturated heterocycles. The Kier molecular flexibility index (Phi) is 3.61. The molecule has 2 rings (SSSR count). The minimum atomic E-state index is -0.612. The van der Waals surface area contributed by atoms with E-state index in [0.717, 1.165) is 12.3 Å². The van der Waals surface area contributed by atoms with Crippen molar-refractivity contribution >= 4 is 17.8 Å². The van der Waals surface area contributed by atoms with E-state index in [1.54, 1.807) is 19.1 Å². The van der Waals surface area contributed by atoms with Crippen LogP contribution in [0.3, 0.4) is 0 Å². The molecule has 2 amide bonds. The summed E-state index contributed by atoms with van der Waals surface area (Å²) in [5.74, 6) is -1.73. The molecule has 0 saturated carbocycles. The van der Waals surface area contributed by atoms with Gasteiger partial charge in [0.25, 0.3) is 11.8 Å². The standard InChI is InChI=1S/C13H11NO5/c1-2-18-11(15)7-8-19-14-12(16)9-5-3-4-6-10(9)13(14)17/h3-8H,2H2,1H3/b8-7+. The lowest BCUT2D eigenvalue weighted by atomic mass is 10.1. The number of hydrogen-bond acceptors (Lipinski definition) is 5. The molecule has 1 aromatic rings. The number of carbonyl (C=O) groups is 3. The van der Waals surface area contributed by atoms with Gasteiger partial charge >= 0.3 is 5.97 Å². The molecule has 6 nitrogen and oxygen atoms in total. The van der Waals surface area contributed by atoms with Gasteiger partial charge in [-0.05, 0) is 19.1 Å². The summed E-state index contributed by atoms with van der Waals surface area (Å²) >= 11 is 0. The normalized spacial score (nSPS) is 13.8. The van der Waals surface area contributed by atoms with Crippen LogP contribution in [0.25, 0.3) is 0 Å². The lowest BCUT2D eigenvalue weighted by Crippen LogP contribution is -2.28. The number of hydrogen-bond donors (Lipinski definition) is 0. The average molecular weight is 261 g/mol. The highest BCUT2D eigenvalue weighted by atomic mass is 16.7. The Balaban J connectivity index is 2.07. The number of carbonyl (C=O) groups excluding carboxylic acids is 3. The van der Waals surface area contributed by atoms with Gasteiger partial charge in [-0.3, -0.25) is 9.59 Å². The molecule has 0 aliphatic carbocycles. The molecule has 0 bridgehead atoms. The van der Waals surface area contributed by atoms with E-state index in [2.05, 4.69) is 4.74 Å². The van der Waals surface area contributed by atoms with Gasteiger partial charge in [0.2, 0.25) is 0 Å². The van der Waals surface area contributed by atoms with Crippen LogP contribution in [-0.4, -0.2) is 29.5 Å². The monoisotopic (exact) mass is 261 g/mol. The molecule has 6 heteroatoms. The first-order chi connectivity index (χ1) is 9.15. The molecule has 0 aromatic heterocycles. The van der Waals surface area contributed by atoms with Crippen molar-refractivity contribution in [2.45, 2.75) is 6.92 Å². The van der Waals surface area contributed by atoms with E-state index in [0.29, 0.717) is 5.06 Å². The number of benzene rings is 1. The minimum Gasteiger partial charge on any atom is -0.463 e.